The van der Waals surface area contributed by atoms with Gasteiger partial charge in [0.25, 0.3) is 0 Å². The van der Waals surface area contributed by atoms with Gasteiger partial charge in [0.15, 0.2) is 21.5 Å². The maximum Gasteiger partial charge on any atom is 0.161 e. The van der Waals surface area contributed by atoms with Crippen LogP contribution in [0.1, 0.15) is 69.5 Å². The van der Waals surface area contributed by atoms with E-state index in [1.54, 1.807) is 37.0 Å². The Balaban J connectivity index is 1.51. The molecule has 0 amide bonds. The molecule has 0 unspecified atom stereocenters. The summed E-state index contributed by atoms with van der Waals surface area (Å²) in [5.41, 5.74) is 2.16. The van der Waals surface area contributed by atoms with Gasteiger partial charge in [0.1, 0.15) is 11.6 Å². The lowest BCUT2D eigenvalue weighted by Crippen LogP contribution is -2.29. The molecule has 3 heterocycles. The lowest BCUT2D eigenvalue weighted by molar-refractivity contribution is 0.195. The Morgan fingerprint density at radius 1 is 1.06 bits per heavy atom. The van der Waals surface area contributed by atoms with Crippen molar-refractivity contribution in [2.24, 2.45) is 12.5 Å². The van der Waals surface area contributed by atoms with Gasteiger partial charge in [-0.1, -0.05) is 56.3 Å². The highest BCUT2D eigenvalue weighted by molar-refractivity contribution is 7.99. The van der Waals surface area contributed by atoms with Crippen LogP contribution in [0, 0.1) is 17.0 Å². The summed E-state index contributed by atoms with van der Waals surface area (Å²) >= 11 is 1.15. The van der Waals surface area contributed by atoms with Crippen molar-refractivity contribution in [1.82, 2.24) is 19.7 Å². The van der Waals surface area contributed by atoms with Crippen molar-refractivity contribution in [3.8, 4) is 11.4 Å². The number of aliphatic hydroxyl groups is 1. The molecule has 2 aromatic heterocycles. The molecule has 48 heavy (non-hydrogen) atoms. The molecular weight excluding hydrogens is 651 g/mol. The number of H-pyrrole nitrogens is 1. The fraction of sp³-hybridized carbons (Fsp3) is 0.405. The molecule has 0 aliphatic carbocycles. The Kier molecular flexibility index (Phi) is 9.34. The third-order valence-electron chi connectivity index (χ3n) is 9.42. The van der Waals surface area contributed by atoms with Crippen molar-refractivity contribution >= 4 is 32.5 Å². The number of sulfone groups is 1. The van der Waals surface area contributed by atoms with Gasteiger partial charge >= 0.3 is 0 Å². The second-order valence-electron chi connectivity index (χ2n) is 14.2. The van der Waals surface area contributed by atoms with E-state index >= 15 is 8.78 Å². The number of aryl methyl sites for hydroxylation is 2. The Morgan fingerprint density at radius 2 is 1.85 bits per heavy atom. The first-order valence-electron chi connectivity index (χ1n) is 16.3. The summed E-state index contributed by atoms with van der Waals surface area (Å²) in [5.74, 6) is -0.199. The molecule has 6 rings (SSSR count). The van der Waals surface area contributed by atoms with Crippen LogP contribution in [0.25, 0.3) is 22.3 Å². The summed E-state index contributed by atoms with van der Waals surface area (Å²) in [5, 5.41) is 15.7. The second kappa shape index (κ2) is 13.1. The molecule has 1 aliphatic heterocycles. The highest BCUT2D eigenvalue weighted by Crippen LogP contribution is 2.41. The molecule has 11 heteroatoms. The van der Waals surface area contributed by atoms with E-state index < -0.39 is 38.4 Å². The van der Waals surface area contributed by atoms with Crippen LogP contribution in [-0.4, -0.2) is 50.9 Å². The molecule has 4 bridgehead atoms. The van der Waals surface area contributed by atoms with Crippen LogP contribution in [0.4, 0.5) is 8.78 Å². The maximum atomic E-state index is 15.8. The molecule has 1 aliphatic rings. The van der Waals surface area contributed by atoms with E-state index in [1.807, 2.05) is 38.1 Å². The van der Waals surface area contributed by atoms with E-state index in [1.165, 1.54) is 12.1 Å². The monoisotopic (exact) mass is 692 g/mol. The highest BCUT2D eigenvalue weighted by Gasteiger charge is 2.36. The molecule has 3 aromatic carbocycles. The summed E-state index contributed by atoms with van der Waals surface area (Å²) in [6.45, 7) is 7.77. The lowest BCUT2D eigenvalue weighted by atomic mass is 9.75. The van der Waals surface area contributed by atoms with Crippen LogP contribution in [0.3, 0.4) is 0 Å². The number of aromatic nitrogens is 4. The first kappa shape index (κ1) is 34.3. The molecule has 7 nitrogen and oxygen atoms in total. The zero-order valence-corrected chi connectivity index (χ0v) is 29.6. The summed E-state index contributed by atoms with van der Waals surface area (Å²) in [6.07, 6.45) is 3.79. The summed E-state index contributed by atoms with van der Waals surface area (Å²) < 4.78 is 60.2. The molecule has 0 fully saturated rings. The molecule has 2 atom stereocenters. The van der Waals surface area contributed by atoms with Gasteiger partial charge in [-0.05, 0) is 92.0 Å². The van der Waals surface area contributed by atoms with Gasteiger partial charge in [-0.25, -0.2) is 26.9 Å². The first-order chi connectivity index (χ1) is 22.6. The van der Waals surface area contributed by atoms with Crippen molar-refractivity contribution in [2.45, 2.75) is 81.1 Å². The number of hydrogen-bond donors (Lipinski definition) is 2. The van der Waals surface area contributed by atoms with Crippen LogP contribution >= 0.6 is 11.8 Å². The molecule has 0 spiro atoms. The SMILES string of the molecule is C[C@@H](O)Cc1cccc([C@@]2(C)CCCC(C)(C)CS(=O)(=O)CCc3c(c(F)cc4[nH]ccc34)Sc3ccc(F)c(c3)-c3nc2nn3C)c1. The number of nitrogens with one attached hydrogen (secondary N) is 1. The standard InChI is InChI=1S/C37H42F2N4O3S2/c1-23(44)18-24-8-6-9-25(19-24)37(4)15-7-14-36(2,3)22-48(45,46)17-13-28-27-12-16-40-32(27)21-31(39)33(28)47-26-10-11-30(38)29(20-26)34-41-35(37)42-43(34)5/h6,8-12,16,19-21,23,40,44H,7,13-15,17-18,22H2,1-5H3/t23-,37-/m1/s1. The zero-order valence-electron chi connectivity index (χ0n) is 28.0. The van der Waals surface area contributed by atoms with Crippen LogP contribution in [0.15, 0.2) is 70.6 Å². The number of rotatable bonds is 3. The van der Waals surface area contributed by atoms with Crippen molar-refractivity contribution in [3.05, 3.63) is 94.9 Å². The minimum Gasteiger partial charge on any atom is -0.393 e. The molecule has 254 valence electrons. The quantitative estimate of drug-likeness (QED) is 0.200. The van der Waals surface area contributed by atoms with Crippen LogP contribution in [-0.2, 0) is 35.1 Å². The average Bonchev–Trinajstić information content (AvgIpc) is 3.63. The van der Waals surface area contributed by atoms with Gasteiger partial charge in [0, 0.05) is 29.0 Å². The number of nitrogens with zero attached hydrogens (tertiary/aromatic N) is 3. The van der Waals surface area contributed by atoms with Gasteiger partial charge in [0.2, 0.25) is 0 Å². The predicted molar refractivity (Wildman–Crippen MR) is 187 cm³/mol. The maximum absolute atomic E-state index is 15.8. The van der Waals surface area contributed by atoms with Crippen molar-refractivity contribution < 1.29 is 22.3 Å². The molecule has 0 saturated carbocycles. The van der Waals surface area contributed by atoms with Gasteiger partial charge in [-0.2, -0.15) is 5.10 Å². The van der Waals surface area contributed by atoms with Crippen LogP contribution in [0.2, 0.25) is 0 Å². The molecule has 2 N–H and O–H groups in total. The van der Waals surface area contributed by atoms with Crippen molar-refractivity contribution in [3.63, 3.8) is 0 Å². The normalized spacial score (nSPS) is 20.5. The fourth-order valence-electron chi connectivity index (χ4n) is 6.98. The highest BCUT2D eigenvalue weighted by atomic mass is 32.2. The minimum absolute atomic E-state index is 0.00195. The smallest absolute Gasteiger partial charge is 0.161 e. The molecule has 0 radical (unpaired) electrons. The summed E-state index contributed by atoms with van der Waals surface area (Å²) in [7, 11) is -1.78. The Hall–Kier alpha value is -3.54. The van der Waals surface area contributed by atoms with Gasteiger partial charge in [-0.15, -0.1) is 0 Å². The topological polar surface area (TPSA) is 101 Å². The Bertz CT molecular complexity index is 2090. The number of aliphatic hydroxyl groups excluding tert-OH is 1. The average molecular weight is 693 g/mol. The van der Waals surface area contributed by atoms with E-state index in [0.717, 1.165) is 28.3 Å². The van der Waals surface area contributed by atoms with E-state index in [-0.39, 0.29) is 23.5 Å². The fourth-order valence-corrected chi connectivity index (χ4v) is 10.0. The van der Waals surface area contributed by atoms with Crippen molar-refractivity contribution in [1.29, 1.82) is 0 Å². The Labute approximate surface area is 285 Å². The van der Waals surface area contributed by atoms with E-state index in [9.17, 15) is 13.5 Å². The second-order valence-corrected chi connectivity index (χ2v) is 17.4. The lowest BCUT2D eigenvalue weighted by Gasteiger charge is -2.31. The molecular formula is C37H42F2N4O3S2. The largest absolute Gasteiger partial charge is 0.393 e. The van der Waals surface area contributed by atoms with E-state index in [4.69, 9.17) is 10.1 Å². The molecule has 5 aromatic rings. The van der Waals surface area contributed by atoms with Crippen molar-refractivity contribution in [2.75, 3.05) is 11.5 Å². The molecule has 0 saturated heterocycles. The van der Waals surface area contributed by atoms with E-state index in [2.05, 4.69) is 18.0 Å². The summed E-state index contributed by atoms with van der Waals surface area (Å²) in [6, 6.07) is 15.9. The third kappa shape index (κ3) is 7.09. The van der Waals surface area contributed by atoms with Gasteiger partial charge < -0.3 is 10.1 Å². The Morgan fingerprint density at radius 3 is 2.62 bits per heavy atom. The predicted octanol–water partition coefficient (Wildman–Crippen LogP) is 7.79. The van der Waals surface area contributed by atoms with Gasteiger partial charge in [-0.3, -0.25) is 0 Å². The first-order valence-corrected chi connectivity index (χ1v) is 18.9. The van der Waals surface area contributed by atoms with Gasteiger partial charge in [0.05, 0.1) is 33.5 Å². The van der Waals surface area contributed by atoms with E-state index in [0.29, 0.717) is 58.2 Å². The number of aromatic amines is 1. The zero-order chi connectivity index (χ0) is 34.4. The number of fused-ring (bicyclic) bond motifs is 8. The number of benzene rings is 3. The number of halogens is 2. The minimum atomic E-state index is -3.52. The third-order valence-corrected chi connectivity index (χ3v) is 12.6. The van der Waals surface area contributed by atoms with Crippen LogP contribution in [0.5, 0.6) is 0 Å². The van der Waals surface area contributed by atoms with Crippen LogP contribution < -0.4 is 0 Å². The number of hydrogen-bond acceptors (Lipinski definition) is 6. The summed E-state index contributed by atoms with van der Waals surface area (Å²) in [4.78, 5) is 8.92.